The van der Waals surface area contributed by atoms with Crippen molar-refractivity contribution in [2.75, 3.05) is 5.32 Å². The molecule has 3 rings (SSSR count). The highest BCUT2D eigenvalue weighted by molar-refractivity contribution is 5.61. The van der Waals surface area contributed by atoms with E-state index in [1.54, 1.807) is 24.4 Å². The fourth-order valence-electron chi connectivity index (χ4n) is 2.43. The average Bonchev–Trinajstić information content (AvgIpc) is 3.07. The van der Waals surface area contributed by atoms with Crippen LogP contribution >= 0.6 is 0 Å². The van der Waals surface area contributed by atoms with Gasteiger partial charge in [-0.25, -0.2) is 0 Å². The summed E-state index contributed by atoms with van der Waals surface area (Å²) in [6.45, 7) is 1.18. The highest BCUT2D eigenvalue weighted by atomic mass is 16.6. The molecule has 116 valence electrons. The molecule has 0 bridgehead atoms. The van der Waals surface area contributed by atoms with E-state index in [-0.39, 0.29) is 10.6 Å². The molecule has 0 aliphatic heterocycles. The molecule has 0 saturated heterocycles. The van der Waals surface area contributed by atoms with E-state index in [4.69, 9.17) is 0 Å². The Morgan fingerprint density at radius 2 is 1.78 bits per heavy atom. The maximum atomic E-state index is 11.1. The monoisotopic (exact) mass is 308 g/mol. The zero-order valence-electron chi connectivity index (χ0n) is 12.4. The van der Waals surface area contributed by atoms with E-state index in [0.29, 0.717) is 18.8 Å². The summed E-state index contributed by atoms with van der Waals surface area (Å²) in [5.74, 6) is 0. The molecule has 1 heterocycles. The van der Waals surface area contributed by atoms with Gasteiger partial charge in [0.25, 0.3) is 5.69 Å². The number of aromatic nitrogens is 2. The Hall–Kier alpha value is -3.15. The van der Waals surface area contributed by atoms with Crippen molar-refractivity contribution in [2.24, 2.45) is 0 Å². The summed E-state index contributed by atoms with van der Waals surface area (Å²) in [5, 5.41) is 18.4. The first-order chi connectivity index (χ1) is 11.2. The number of benzene rings is 2. The van der Waals surface area contributed by atoms with E-state index in [1.165, 1.54) is 6.07 Å². The van der Waals surface area contributed by atoms with Gasteiger partial charge >= 0.3 is 0 Å². The molecular weight excluding hydrogens is 292 g/mol. The molecule has 0 aliphatic rings. The van der Waals surface area contributed by atoms with Crippen LogP contribution in [0.5, 0.6) is 0 Å². The molecule has 6 heteroatoms. The smallest absolute Gasteiger partial charge is 0.292 e. The predicted octanol–water partition coefficient (Wildman–Crippen LogP) is 3.45. The van der Waals surface area contributed by atoms with Crippen LogP contribution in [0, 0.1) is 10.1 Å². The van der Waals surface area contributed by atoms with Crippen LogP contribution in [0.4, 0.5) is 11.4 Å². The van der Waals surface area contributed by atoms with Crippen molar-refractivity contribution in [2.45, 2.75) is 13.1 Å². The number of hydrogen-bond donors (Lipinski definition) is 1. The van der Waals surface area contributed by atoms with E-state index >= 15 is 0 Å². The number of nitro benzene ring substituents is 1. The van der Waals surface area contributed by atoms with Crippen LogP contribution in [0.25, 0.3) is 0 Å². The summed E-state index contributed by atoms with van der Waals surface area (Å²) < 4.78 is 1.85. The van der Waals surface area contributed by atoms with Gasteiger partial charge in [-0.3, -0.25) is 14.8 Å². The molecule has 23 heavy (non-hydrogen) atoms. The number of anilines is 1. The van der Waals surface area contributed by atoms with Crippen LogP contribution in [-0.2, 0) is 13.1 Å². The van der Waals surface area contributed by atoms with Crippen molar-refractivity contribution in [1.29, 1.82) is 0 Å². The number of nitrogens with zero attached hydrogens (tertiary/aromatic N) is 3. The largest absolute Gasteiger partial charge is 0.375 e. The minimum absolute atomic E-state index is 0.0806. The van der Waals surface area contributed by atoms with Gasteiger partial charge in [0.05, 0.1) is 11.5 Å². The summed E-state index contributed by atoms with van der Waals surface area (Å²) in [4.78, 5) is 10.7. The Morgan fingerprint density at radius 1 is 1.04 bits per heavy atom. The highest BCUT2D eigenvalue weighted by Crippen LogP contribution is 2.24. The van der Waals surface area contributed by atoms with Crippen LogP contribution < -0.4 is 5.32 Å². The number of rotatable bonds is 6. The molecule has 0 fully saturated rings. The molecule has 0 unspecified atom stereocenters. The Bertz CT molecular complexity index is 800. The molecular formula is C17H16N4O2. The average molecular weight is 308 g/mol. The van der Waals surface area contributed by atoms with Crippen LogP contribution in [0.15, 0.2) is 67.0 Å². The third kappa shape index (κ3) is 3.55. The second-order valence-corrected chi connectivity index (χ2v) is 5.10. The summed E-state index contributed by atoms with van der Waals surface area (Å²) >= 11 is 0. The van der Waals surface area contributed by atoms with Crippen LogP contribution in [0.2, 0.25) is 0 Å². The van der Waals surface area contributed by atoms with Crippen molar-refractivity contribution < 1.29 is 4.92 Å². The first-order valence-electron chi connectivity index (χ1n) is 7.25. The lowest BCUT2D eigenvalue weighted by atomic mass is 10.1. The number of para-hydroxylation sites is 2. The van der Waals surface area contributed by atoms with Gasteiger partial charge in [-0.1, -0.05) is 36.4 Å². The first kappa shape index (κ1) is 14.8. The molecule has 0 saturated carbocycles. The molecule has 6 nitrogen and oxygen atoms in total. The number of nitrogens with one attached hydrogen (secondary N) is 1. The van der Waals surface area contributed by atoms with Gasteiger partial charge in [-0.15, -0.1) is 0 Å². The Labute approximate surface area is 133 Å². The summed E-state index contributed by atoms with van der Waals surface area (Å²) in [6, 6.07) is 16.5. The van der Waals surface area contributed by atoms with Crippen LogP contribution in [0.1, 0.15) is 11.1 Å². The maximum absolute atomic E-state index is 11.1. The summed E-state index contributed by atoms with van der Waals surface area (Å²) in [6.07, 6.45) is 3.65. The van der Waals surface area contributed by atoms with E-state index in [9.17, 15) is 10.1 Å². The lowest BCUT2D eigenvalue weighted by Crippen LogP contribution is -2.08. The number of hydrogen-bond acceptors (Lipinski definition) is 4. The molecule has 0 atom stereocenters. The summed E-state index contributed by atoms with van der Waals surface area (Å²) in [7, 11) is 0. The van der Waals surface area contributed by atoms with Gasteiger partial charge < -0.3 is 5.32 Å². The van der Waals surface area contributed by atoms with Gasteiger partial charge in [0.15, 0.2) is 0 Å². The van der Waals surface area contributed by atoms with Gasteiger partial charge in [0, 0.05) is 25.0 Å². The zero-order chi connectivity index (χ0) is 16.1. The SMILES string of the molecule is O=[N+]([O-])c1ccccc1NCc1ccccc1Cn1cccn1. The van der Waals surface area contributed by atoms with Crippen molar-refractivity contribution in [1.82, 2.24) is 9.78 Å². The molecule has 0 aliphatic carbocycles. The Kier molecular flexibility index (Phi) is 4.33. The molecule has 1 aromatic heterocycles. The normalized spacial score (nSPS) is 10.4. The molecule has 0 radical (unpaired) electrons. The molecule has 0 amide bonds. The highest BCUT2D eigenvalue weighted by Gasteiger charge is 2.12. The van der Waals surface area contributed by atoms with Gasteiger partial charge in [0.1, 0.15) is 5.69 Å². The fraction of sp³-hybridized carbons (Fsp3) is 0.118. The van der Waals surface area contributed by atoms with Gasteiger partial charge in [-0.2, -0.15) is 5.10 Å². The predicted molar refractivity (Wildman–Crippen MR) is 88.2 cm³/mol. The van der Waals surface area contributed by atoms with E-state index in [0.717, 1.165) is 11.1 Å². The summed E-state index contributed by atoms with van der Waals surface area (Å²) in [5.41, 5.74) is 2.81. The second kappa shape index (κ2) is 6.74. The zero-order valence-corrected chi connectivity index (χ0v) is 12.4. The quantitative estimate of drug-likeness (QED) is 0.559. The van der Waals surface area contributed by atoms with Gasteiger partial charge in [0.2, 0.25) is 0 Å². The lowest BCUT2D eigenvalue weighted by molar-refractivity contribution is -0.384. The standard InChI is InChI=1S/C17H16N4O2/c22-21(23)17-9-4-3-8-16(17)18-12-14-6-1-2-7-15(14)13-20-11-5-10-19-20/h1-11,18H,12-13H2. The molecule has 3 aromatic rings. The molecule has 1 N–H and O–H groups in total. The van der Waals surface area contributed by atoms with Crippen molar-refractivity contribution in [3.8, 4) is 0 Å². The van der Waals surface area contributed by atoms with Crippen molar-refractivity contribution in [3.05, 3.63) is 88.2 Å². The molecule has 0 spiro atoms. The third-order valence-corrected chi connectivity index (χ3v) is 3.58. The second-order valence-electron chi connectivity index (χ2n) is 5.10. The minimum atomic E-state index is -0.377. The van der Waals surface area contributed by atoms with E-state index in [2.05, 4.69) is 10.4 Å². The third-order valence-electron chi connectivity index (χ3n) is 3.58. The fourth-order valence-corrected chi connectivity index (χ4v) is 2.43. The first-order valence-corrected chi connectivity index (χ1v) is 7.25. The Morgan fingerprint density at radius 3 is 2.52 bits per heavy atom. The molecule has 2 aromatic carbocycles. The van der Waals surface area contributed by atoms with Crippen LogP contribution in [0.3, 0.4) is 0 Å². The van der Waals surface area contributed by atoms with Crippen LogP contribution in [-0.4, -0.2) is 14.7 Å². The minimum Gasteiger partial charge on any atom is -0.375 e. The van der Waals surface area contributed by atoms with E-state index in [1.807, 2.05) is 41.2 Å². The van der Waals surface area contributed by atoms with Gasteiger partial charge in [-0.05, 0) is 23.3 Å². The number of nitro groups is 1. The van der Waals surface area contributed by atoms with E-state index < -0.39 is 0 Å². The van der Waals surface area contributed by atoms with Crippen molar-refractivity contribution in [3.63, 3.8) is 0 Å². The van der Waals surface area contributed by atoms with Crippen molar-refractivity contribution >= 4 is 11.4 Å². The Balaban J connectivity index is 1.78. The topological polar surface area (TPSA) is 73.0 Å². The lowest BCUT2D eigenvalue weighted by Gasteiger charge is -2.12. The maximum Gasteiger partial charge on any atom is 0.292 e.